The fraction of sp³-hybridized carbons (Fsp3) is 0.429. The molecule has 1 aromatic heterocycles. The molecular formula is C28H37N5O2. The average Bonchev–Trinajstić information content (AvgIpc) is 3.19. The molecule has 186 valence electrons. The Morgan fingerprint density at radius 1 is 1.11 bits per heavy atom. The van der Waals surface area contributed by atoms with Crippen LogP contribution in [0.25, 0.3) is 11.1 Å². The van der Waals surface area contributed by atoms with E-state index >= 15 is 0 Å². The molecule has 1 aliphatic heterocycles. The molecule has 1 amide bonds. The summed E-state index contributed by atoms with van der Waals surface area (Å²) in [5, 5.41) is 7.51. The lowest BCUT2D eigenvalue weighted by Gasteiger charge is -2.44. The van der Waals surface area contributed by atoms with Gasteiger partial charge in [-0.1, -0.05) is 6.07 Å². The van der Waals surface area contributed by atoms with Gasteiger partial charge in [-0.25, -0.2) is 0 Å². The number of ether oxygens (including phenoxy) is 1. The molecule has 0 bridgehead atoms. The highest BCUT2D eigenvalue weighted by Crippen LogP contribution is 2.30. The number of aryl methyl sites for hydroxylation is 2. The lowest BCUT2D eigenvalue weighted by atomic mass is 10.00. The third-order valence-electron chi connectivity index (χ3n) is 6.61. The highest BCUT2D eigenvalue weighted by atomic mass is 16.5. The summed E-state index contributed by atoms with van der Waals surface area (Å²) in [4.78, 5) is 17.9. The van der Waals surface area contributed by atoms with Gasteiger partial charge >= 0.3 is 0 Å². The molecule has 0 radical (unpaired) electrons. The Morgan fingerprint density at radius 2 is 1.86 bits per heavy atom. The zero-order chi connectivity index (χ0) is 25.3. The first kappa shape index (κ1) is 24.8. The number of carbonyl (C=O) groups is 1. The first-order valence-electron chi connectivity index (χ1n) is 12.2. The number of carbonyl (C=O) groups excluding carboxylic acids is 1. The van der Waals surface area contributed by atoms with Crippen LogP contribution >= 0.6 is 0 Å². The van der Waals surface area contributed by atoms with Gasteiger partial charge in [-0.05, 0) is 88.8 Å². The molecule has 2 heterocycles. The van der Waals surface area contributed by atoms with Gasteiger partial charge in [-0.2, -0.15) is 5.10 Å². The van der Waals surface area contributed by atoms with Gasteiger partial charge in [0.25, 0.3) is 5.91 Å². The van der Waals surface area contributed by atoms with Gasteiger partial charge < -0.3 is 19.9 Å². The fourth-order valence-corrected chi connectivity index (χ4v) is 4.35. The largest absolute Gasteiger partial charge is 0.491 e. The van der Waals surface area contributed by atoms with Crippen LogP contribution in [0.2, 0.25) is 0 Å². The van der Waals surface area contributed by atoms with Crippen molar-refractivity contribution < 1.29 is 9.53 Å². The molecule has 0 aliphatic carbocycles. The maximum absolute atomic E-state index is 13.3. The van der Waals surface area contributed by atoms with Gasteiger partial charge in [0.15, 0.2) is 0 Å². The molecule has 1 atom stereocenters. The van der Waals surface area contributed by atoms with Crippen LogP contribution in [0.3, 0.4) is 0 Å². The zero-order valence-corrected chi connectivity index (χ0v) is 21.9. The molecule has 1 fully saturated rings. The summed E-state index contributed by atoms with van der Waals surface area (Å²) in [6, 6.07) is 12.7. The molecule has 4 rings (SSSR count). The molecule has 1 unspecified atom stereocenters. The number of nitrogens with zero attached hydrogens (tertiary/aromatic N) is 4. The number of hydrogen-bond donors (Lipinski definition) is 1. The second-order valence-corrected chi connectivity index (χ2v) is 10.1. The van der Waals surface area contributed by atoms with Crippen molar-refractivity contribution in [1.29, 1.82) is 0 Å². The zero-order valence-electron chi connectivity index (χ0n) is 21.9. The second kappa shape index (κ2) is 10.1. The van der Waals surface area contributed by atoms with E-state index < -0.39 is 0 Å². The Bertz CT molecular complexity index is 1190. The maximum atomic E-state index is 13.3. The van der Waals surface area contributed by atoms with E-state index in [2.05, 4.69) is 46.4 Å². The quantitative estimate of drug-likeness (QED) is 0.522. The molecule has 2 aromatic carbocycles. The normalized spacial score (nSPS) is 14.8. The van der Waals surface area contributed by atoms with E-state index in [0.717, 1.165) is 46.8 Å². The van der Waals surface area contributed by atoms with Crippen molar-refractivity contribution in [1.82, 2.24) is 20.0 Å². The van der Waals surface area contributed by atoms with E-state index in [9.17, 15) is 4.79 Å². The maximum Gasteiger partial charge on any atom is 0.252 e. The topological polar surface area (TPSA) is 62.6 Å². The Hall–Kier alpha value is -3.32. The van der Waals surface area contributed by atoms with Crippen molar-refractivity contribution in [3.63, 3.8) is 0 Å². The number of aromatic nitrogens is 2. The Kier molecular flexibility index (Phi) is 7.17. The number of amides is 1. The minimum absolute atomic E-state index is 0.0517. The number of anilines is 1. The SMILES string of the molecule is Cc1ccc(N2CC(N(C)C)C2)cc1C(=O)NC(C)c1cc(OC(C)C)cc(-c2cnn(C)c2)c1. The van der Waals surface area contributed by atoms with Crippen LogP contribution in [-0.4, -0.2) is 59.9 Å². The van der Waals surface area contributed by atoms with Crippen LogP contribution in [0.5, 0.6) is 5.75 Å². The lowest BCUT2D eigenvalue weighted by molar-refractivity contribution is 0.0939. The van der Waals surface area contributed by atoms with E-state index in [1.807, 2.05) is 71.4 Å². The van der Waals surface area contributed by atoms with E-state index in [0.29, 0.717) is 11.6 Å². The standard InChI is InChI=1S/C28H37N5O2/c1-18(2)35-26-11-21(10-22(12-26)23-14-29-32(7)15-23)20(4)30-28(34)27-13-24(9-8-19(27)3)33-16-25(17-33)31(5)6/h8-15,18,20,25H,16-17H2,1-7H3,(H,30,34). The highest BCUT2D eigenvalue weighted by Gasteiger charge is 2.29. The Morgan fingerprint density at radius 3 is 2.49 bits per heavy atom. The molecule has 7 nitrogen and oxygen atoms in total. The van der Waals surface area contributed by atoms with E-state index in [-0.39, 0.29) is 18.1 Å². The van der Waals surface area contributed by atoms with Crippen LogP contribution < -0.4 is 15.0 Å². The summed E-state index contributed by atoms with van der Waals surface area (Å²) in [5.74, 6) is 0.712. The second-order valence-electron chi connectivity index (χ2n) is 10.1. The first-order chi connectivity index (χ1) is 16.6. The number of nitrogens with one attached hydrogen (secondary N) is 1. The molecule has 0 spiro atoms. The van der Waals surface area contributed by atoms with Gasteiger partial charge in [0.05, 0.1) is 18.3 Å². The molecule has 1 N–H and O–H groups in total. The summed E-state index contributed by atoms with van der Waals surface area (Å²) in [6.07, 6.45) is 3.87. The lowest BCUT2D eigenvalue weighted by Crippen LogP contribution is -2.57. The summed E-state index contributed by atoms with van der Waals surface area (Å²) in [5.41, 5.74) is 5.79. The predicted molar refractivity (Wildman–Crippen MR) is 141 cm³/mol. The number of hydrogen-bond acceptors (Lipinski definition) is 5. The number of benzene rings is 2. The minimum atomic E-state index is -0.196. The number of rotatable bonds is 8. The van der Waals surface area contributed by atoms with Crippen LogP contribution in [0.15, 0.2) is 48.8 Å². The minimum Gasteiger partial charge on any atom is -0.491 e. The molecule has 35 heavy (non-hydrogen) atoms. The third-order valence-corrected chi connectivity index (χ3v) is 6.61. The van der Waals surface area contributed by atoms with E-state index in [4.69, 9.17) is 4.74 Å². The summed E-state index contributed by atoms with van der Waals surface area (Å²) in [6.45, 7) is 9.97. The van der Waals surface area contributed by atoms with Crippen LogP contribution in [0.4, 0.5) is 5.69 Å². The number of likely N-dealkylation sites (N-methyl/N-ethyl adjacent to an activating group) is 1. The average molecular weight is 476 g/mol. The van der Waals surface area contributed by atoms with E-state index in [1.54, 1.807) is 4.68 Å². The van der Waals surface area contributed by atoms with Gasteiger partial charge in [0, 0.05) is 49.2 Å². The summed E-state index contributed by atoms with van der Waals surface area (Å²) in [7, 11) is 6.12. The first-order valence-corrected chi connectivity index (χ1v) is 12.2. The van der Waals surface area contributed by atoms with E-state index in [1.165, 1.54) is 0 Å². The molecular weight excluding hydrogens is 438 g/mol. The molecule has 0 saturated carbocycles. The summed E-state index contributed by atoms with van der Waals surface area (Å²) >= 11 is 0. The Balaban J connectivity index is 1.55. The van der Waals surface area contributed by atoms with Crippen molar-refractivity contribution >= 4 is 11.6 Å². The van der Waals surface area contributed by atoms with Crippen molar-refractivity contribution in [2.45, 2.75) is 45.9 Å². The highest BCUT2D eigenvalue weighted by molar-refractivity contribution is 5.97. The van der Waals surface area contributed by atoms with Crippen LogP contribution in [0, 0.1) is 6.92 Å². The van der Waals surface area contributed by atoms with Crippen LogP contribution in [-0.2, 0) is 7.05 Å². The smallest absolute Gasteiger partial charge is 0.252 e. The van der Waals surface area contributed by atoms with Crippen molar-refractivity contribution in [2.75, 3.05) is 32.1 Å². The predicted octanol–water partition coefficient (Wildman–Crippen LogP) is 4.42. The van der Waals surface area contributed by atoms with Crippen molar-refractivity contribution in [3.8, 4) is 16.9 Å². The third kappa shape index (κ3) is 5.68. The molecule has 7 heteroatoms. The van der Waals surface area contributed by atoms with Gasteiger partial charge in [0.1, 0.15) is 5.75 Å². The van der Waals surface area contributed by atoms with Gasteiger partial charge in [0.2, 0.25) is 0 Å². The molecule has 1 aliphatic rings. The summed E-state index contributed by atoms with van der Waals surface area (Å²) < 4.78 is 7.80. The monoisotopic (exact) mass is 475 g/mol. The molecule has 3 aromatic rings. The van der Waals surface area contributed by atoms with Gasteiger partial charge in [-0.15, -0.1) is 0 Å². The molecule has 1 saturated heterocycles. The van der Waals surface area contributed by atoms with Crippen LogP contribution in [0.1, 0.15) is 48.3 Å². The Labute approximate surface area is 208 Å². The van der Waals surface area contributed by atoms with Crippen molar-refractivity contribution in [3.05, 3.63) is 65.5 Å². The fourth-order valence-electron chi connectivity index (χ4n) is 4.35. The van der Waals surface area contributed by atoms with Gasteiger partial charge in [-0.3, -0.25) is 9.48 Å². The van der Waals surface area contributed by atoms with Crippen molar-refractivity contribution in [2.24, 2.45) is 7.05 Å².